The van der Waals surface area contributed by atoms with Gasteiger partial charge in [0.05, 0.1) is 5.33 Å². The van der Waals surface area contributed by atoms with Crippen LogP contribution >= 0.6 is 15.9 Å². The molecule has 0 amide bonds. The van der Waals surface area contributed by atoms with Crippen LogP contribution in [-0.2, 0) is 0 Å². The minimum absolute atomic E-state index is 0.0487. The van der Waals surface area contributed by atoms with E-state index in [-0.39, 0.29) is 17.5 Å². The SMILES string of the molecule is CCC(F)Oc1cccc(C(=O)CBr)c1. The van der Waals surface area contributed by atoms with E-state index >= 15 is 0 Å². The summed E-state index contributed by atoms with van der Waals surface area (Å²) in [5, 5.41) is 0.253. The lowest BCUT2D eigenvalue weighted by Crippen LogP contribution is -2.08. The Morgan fingerprint density at radius 3 is 2.93 bits per heavy atom. The first-order chi connectivity index (χ1) is 7.17. The van der Waals surface area contributed by atoms with E-state index in [2.05, 4.69) is 15.9 Å². The highest BCUT2D eigenvalue weighted by molar-refractivity contribution is 9.09. The second-order valence-electron chi connectivity index (χ2n) is 3.02. The number of Topliss-reactive ketones (excluding diaryl/α,β-unsaturated/α-hetero) is 1. The number of carbonyl (C=O) groups excluding carboxylic acids is 1. The molecule has 0 aliphatic heterocycles. The Bertz CT molecular complexity index is 341. The Kier molecular flexibility index (Phi) is 4.75. The zero-order valence-corrected chi connectivity index (χ0v) is 9.96. The van der Waals surface area contributed by atoms with Crippen LogP contribution in [0.25, 0.3) is 0 Å². The second-order valence-corrected chi connectivity index (χ2v) is 3.58. The van der Waals surface area contributed by atoms with Gasteiger partial charge in [-0.25, -0.2) is 4.39 Å². The lowest BCUT2D eigenvalue weighted by Gasteiger charge is -2.09. The molecule has 0 fully saturated rings. The van der Waals surface area contributed by atoms with Gasteiger partial charge in [0, 0.05) is 12.0 Å². The molecular formula is C11H12BrFO2. The highest BCUT2D eigenvalue weighted by Gasteiger charge is 2.08. The maximum Gasteiger partial charge on any atom is 0.238 e. The van der Waals surface area contributed by atoms with Crippen LogP contribution in [0.1, 0.15) is 23.7 Å². The first kappa shape index (κ1) is 12.2. The fourth-order valence-corrected chi connectivity index (χ4v) is 1.37. The molecule has 1 unspecified atom stereocenters. The van der Waals surface area contributed by atoms with Gasteiger partial charge in [-0.15, -0.1) is 0 Å². The van der Waals surface area contributed by atoms with Crippen molar-refractivity contribution in [2.45, 2.75) is 19.7 Å². The van der Waals surface area contributed by atoms with E-state index in [1.54, 1.807) is 31.2 Å². The molecule has 0 N–H and O–H groups in total. The number of ether oxygens (including phenoxy) is 1. The van der Waals surface area contributed by atoms with Gasteiger partial charge in [0.2, 0.25) is 6.36 Å². The molecule has 0 bridgehead atoms. The van der Waals surface area contributed by atoms with Gasteiger partial charge in [-0.2, -0.15) is 0 Å². The molecular weight excluding hydrogens is 263 g/mol. The molecule has 0 aliphatic rings. The third-order valence-electron chi connectivity index (χ3n) is 1.86. The van der Waals surface area contributed by atoms with E-state index in [1.807, 2.05) is 0 Å². The highest BCUT2D eigenvalue weighted by atomic mass is 79.9. The molecule has 0 saturated heterocycles. The van der Waals surface area contributed by atoms with Crippen molar-refractivity contribution in [2.75, 3.05) is 5.33 Å². The molecule has 0 aliphatic carbocycles. The molecule has 2 nitrogen and oxygen atoms in total. The quantitative estimate of drug-likeness (QED) is 0.608. The van der Waals surface area contributed by atoms with Crippen LogP contribution in [-0.4, -0.2) is 17.5 Å². The zero-order chi connectivity index (χ0) is 11.3. The first-order valence-electron chi connectivity index (χ1n) is 4.67. The Hall–Kier alpha value is -0.900. The van der Waals surface area contributed by atoms with Crippen molar-refractivity contribution in [3.05, 3.63) is 29.8 Å². The lowest BCUT2D eigenvalue weighted by molar-refractivity contribution is 0.0640. The number of carbonyl (C=O) groups is 1. The van der Waals surface area contributed by atoms with Crippen molar-refractivity contribution >= 4 is 21.7 Å². The number of hydrogen-bond acceptors (Lipinski definition) is 2. The summed E-state index contributed by atoms with van der Waals surface area (Å²) in [6.07, 6.45) is -1.03. The summed E-state index contributed by atoms with van der Waals surface area (Å²) in [4.78, 5) is 11.3. The van der Waals surface area contributed by atoms with E-state index in [0.717, 1.165) is 0 Å². The molecule has 1 rings (SSSR count). The highest BCUT2D eigenvalue weighted by Crippen LogP contribution is 2.17. The van der Waals surface area contributed by atoms with Crippen LogP contribution in [0.15, 0.2) is 24.3 Å². The number of benzene rings is 1. The van der Waals surface area contributed by atoms with Gasteiger partial charge in [-0.05, 0) is 12.1 Å². The maximum absolute atomic E-state index is 12.9. The number of hydrogen-bond donors (Lipinski definition) is 0. The summed E-state index contributed by atoms with van der Waals surface area (Å²) in [6, 6.07) is 6.53. The molecule has 0 aromatic heterocycles. The molecule has 0 radical (unpaired) electrons. The number of rotatable bonds is 5. The summed E-state index contributed by atoms with van der Waals surface area (Å²) >= 11 is 3.08. The van der Waals surface area contributed by atoms with Crippen molar-refractivity contribution in [3.8, 4) is 5.75 Å². The fourth-order valence-electron chi connectivity index (χ4n) is 1.05. The van der Waals surface area contributed by atoms with Crippen molar-refractivity contribution in [1.29, 1.82) is 0 Å². The Labute approximate surface area is 96.6 Å². The molecule has 1 atom stereocenters. The second kappa shape index (κ2) is 5.85. The van der Waals surface area contributed by atoms with Gasteiger partial charge in [0.25, 0.3) is 0 Å². The monoisotopic (exact) mass is 274 g/mol. The van der Waals surface area contributed by atoms with Crippen LogP contribution in [0.3, 0.4) is 0 Å². The van der Waals surface area contributed by atoms with Gasteiger partial charge in [0.1, 0.15) is 5.75 Å². The average molecular weight is 275 g/mol. The van der Waals surface area contributed by atoms with Crippen LogP contribution < -0.4 is 4.74 Å². The smallest absolute Gasteiger partial charge is 0.238 e. The van der Waals surface area contributed by atoms with Crippen LogP contribution in [0, 0.1) is 0 Å². The van der Waals surface area contributed by atoms with Crippen LogP contribution in [0.4, 0.5) is 4.39 Å². The molecule has 1 aromatic rings. The van der Waals surface area contributed by atoms with Gasteiger partial charge in [0.15, 0.2) is 5.78 Å². The minimum atomic E-state index is -1.32. The summed E-state index contributed by atoms with van der Waals surface area (Å²) in [6.45, 7) is 1.69. The van der Waals surface area contributed by atoms with Gasteiger partial charge in [-0.1, -0.05) is 35.0 Å². The number of alkyl halides is 2. The largest absolute Gasteiger partial charge is 0.460 e. The predicted molar refractivity (Wildman–Crippen MR) is 60.4 cm³/mol. The lowest BCUT2D eigenvalue weighted by atomic mass is 10.1. The molecule has 0 spiro atoms. The van der Waals surface area contributed by atoms with E-state index in [0.29, 0.717) is 11.3 Å². The summed E-state index contributed by atoms with van der Waals surface area (Å²) in [7, 11) is 0. The standard InChI is InChI=1S/C11H12BrFO2/c1-2-11(13)15-9-5-3-4-8(6-9)10(14)7-12/h3-6,11H,2,7H2,1H3. The average Bonchev–Trinajstić information content (AvgIpc) is 2.28. The van der Waals surface area contributed by atoms with E-state index in [9.17, 15) is 9.18 Å². The van der Waals surface area contributed by atoms with Gasteiger partial charge < -0.3 is 4.74 Å². The van der Waals surface area contributed by atoms with E-state index < -0.39 is 6.36 Å². The topological polar surface area (TPSA) is 26.3 Å². The zero-order valence-electron chi connectivity index (χ0n) is 8.37. The van der Waals surface area contributed by atoms with Crippen molar-refractivity contribution < 1.29 is 13.9 Å². The Morgan fingerprint density at radius 2 is 2.33 bits per heavy atom. The van der Waals surface area contributed by atoms with Crippen molar-refractivity contribution in [2.24, 2.45) is 0 Å². The Morgan fingerprint density at radius 1 is 1.60 bits per heavy atom. The molecule has 0 heterocycles. The number of ketones is 1. The minimum Gasteiger partial charge on any atom is -0.460 e. The summed E-state index contributed by atoms with van der Waals surface area (Å²) in [5.74, 6) is 0.337. The third-order valence-corrected chi connectivity index (χ3v) is 2.37. The molecule has 82 valence electrons. The van der Waals surface area contributed by atoms with Crippen molar-refractivity contribution in [3.63, 3.8) is 0 Å². The molecule has 1 aromatic carbocycles. The van der Waals surface area contributed by atoms with Gasteiger partial charge >= 0.3 is 0 Å². The Balaban J connectivity index is 2.78. The normalized spacial score (nSPS) is 12.2. The molecule has 0 saturated carbocycles. The summed E-state index contributed by atoms with van der Waals surface area (Å²) in [5.41, 5.74) is 0.521. The first-order valence-corrected chi connectivity index (χ1v) is 5.79. The number of halogens is 2. The predicted octanol–water partition coefficient (Wildman–Crippen LogP) is 3.35. The van der Waals surface area contributed by atoms with E-state index in [1.165, 1.54) is 0 Å². The maximum atomic E-state index is 12.9. The molecule has 4 heteroatoms. The van der Waals surface area contributed by atoms with Crippen LogP contribution in [0.5, 0.6) is 5.75 Å². The summed E-state index contributed by atoms with van der Waals surface area (Å²) < 4.78 is 17.9. The van der Waals surface area contributed by atoms with Crippen LogP contribution in [0.2, 0.25) is 0 Å². The van der Waals surface area contributed by atoms with E-state index in [4.69, 9.17) is 4.74 Å². The van der Waals surface area contributed by atoms with Crippen molar-refractivity contribution in [1.82, 2.24) is 0 Å². The molecule has 15 heavy (non-hydrogen) atoms. The van der Waals surface area contributed by atoms with Gasteiger partial charge in [-0.3, -0.25) is 4.79 Å². The fraction of sp³-hybridized carbons (Fsp3) is 0.364. The third kappa shape index (κ3) is 3.63.